The third-order valence-electron chi connectivity index (χ3n) is 1.97. The maximum Gasteiger partial charge on any atom is 0.284 e. The molecule has 1 unspecified atom stereocenters. The third-order valence-corrected chi connectivity index (χ3v) is 2.28. The Morgan fingerprint density at radius 3 is 2.50 bits per heavy atom. The van der Waals surface area contributed by atoms with Crippen molar-refractivity contribution in [2.24, 2.45) is 0 Å². The lowest BCUT2D eigenvalue weighted by Gasteiger charge is -2.21. The summed E-state index contributed by atoms with van der Waals surface area (Å²) >= 11 is 5.93. The lowest BCUT2D eigenvalue weighted by molar-refractivity contribution is -0.151. The van der Waals surface area contributed by atoms with Gasteiger partial charge in [-0.3, -0.25) is 9.63 Å². The van der Waals surface area contributed by atoms with Crippen LogP contribution in [0.25, 0.3) is 0 Å². The maximum absolute atomic E-state index is 11.7. The lowest BCUT2D eigenvalue weighted by Crippen LogP contribution is -2.40. The minimum atomic E-state index is -0.688. The molecule has 0 radical (unpaired) electrons. The van der Waals surface area contributed by atoms with E-state index in [0.717, 1.165) is 0 Å². The molecule has 0 bridgehead atoms. The number of carbonyl (C=O) groups is 1. The molecule has 0 aliphatic rings. The summed E-state index contributed by atoms with van der Waals surface area (Å²) in [5.41, 5.74) is 1.91. The van der Waals surface area contributed by atoms with Crippen molar-refractivity contribution in [1.82, 2.24) is 5.48 Å². The van der Waals surface area contributed by atoms with E-state index in [1.807, 2.05) is 20.8 Å². The van der Waals surface area contributed by atoms with Crippen LogP contribution in [0, 0.1) is 0 Å². The zero-order chi connectivity index (χ0) is 13.8. The van der Waals surface area contributed by atoms with E-state index in [9.17, 15) is 4.79 Å². The highest BCUT2D eigenvalue weighted by Crippen LogP contribution is 2.24. The summed E-state index contributed by atoms with van der Waals surface area (Å²) in [5, 5.41) is 0.467. The van der Waals surface area contributed by atoms with Gasteiger partial charge in [0.2, 0.25) is 0 Å². The van der Waals surface area contributed by atoms with Gasteiger partial charge in [-0.2, -0.15) is 0 Å². The van der Waals surface area contributed by atoms with Crippen molar-refractivity contribution >= 4 is 17.5 Å². The number of ether oxygens (including phenoxy) is 1. The van der Waals surface area contributed by atoms with Gasteiger partial charge in [-0.05, 0) is 39.8 Å². The summed E-state index contributed by atoms with van der Waals surface area (Å²) in [6.45, 7) is 7.15. The molecule has 5 heteroatoms. The van der Waals surface area contributed by atoms with Gasteiger partial charge in [-0.1, -0.05) is 23.7 Å². The van der Waals surface area contributed by atoms with E-state index in [0.29, 0.717) is 10.8 Å². The van der Waals surface area contributed by atoms with E-state index in [-0.39, 0.29) is 5.91 Å². The summed E-state index contributed by atoms with van der Waals surface area (Å²) in [4.78, 5) is 16.9. The Kier molecular flexibility index (Phi) is 4.99. The van der Waals surface area contributed by atoms with Gasteiger partial charge < -0.3 is 4.74 Å². The molecule has 1 aromatic carbocycles. The van der Waals surface area contributed by atoms with Gasteiger partial charge in [-0.15, -0.1) is 0 Å². The minimum absolute atomic E-state index is 0.357. The number of amides is 1. The zero-order valence-corrected chi connectivity index (χ0v) is 11.7. The second-order valence-corrected chi connectivity index (χ2v) is 5.28. The monoisotopic (exact) mass is 271 g/mol. The second-order valence-electron chi connectivity index (χ2n) is 4.87. The van der Waals surface area contributed by atoms with Crippen LogP contribution in [-0.4, -0.2) is 17.6 Å². The first-order valence-electron chi connectivity index (χ1n) is 5.68. The summed E-state index contributed by atoms with van der Waals surface area (Å²) < 4.78 is 5.45. The molecule has 1 N–H and O–H groups in total. The summed E-state index contributed by atoms with van der Waals surface area (Å²) in [6.07, 6.45) is -0.688. The van der Waals surface area contributed by atoms with E-state index < -0.39 is 11.7 Å². The van der Waals surface area contributed by atoms with Crippen LogP contribution in [0.4, 0.5) is 0 Å². The number of carbonyl (C=O) groups excluding carboxylic acids is 1. The van der Waals surface area contributed by atoms with Crippen LogP contribution in [0.1, 0.15) is 27.7 Å². The highest BCUT2D eigenvalue weighted by molar-refractivity contribution is 6.32. The van der Waals surface area contributed by atoms with Crippen molar-refractivity contribution in [1.29, 1.82) is 0 Å². The summed E-state index contributed by atoms with van der Waals surface area (Å²) in [5.74, 6) is 0.113. The molecular formula is C13H18ClNO3. The van der Waals surface area contributed by atoms with Crippen LogP contribution in [0.2, 0.25) is 5.02 Å². The number of hydroxylamine groups is 1. The standard InChI is InChI=1S/C13H18ClNO3/c1-9(12(16)15-18-13(2,3)4)17-11-8-6-5-7-10(11)14/h5-9H,1-4H3,(H,15,16). The highest BCUT2D eigenvalue weighted by Gasteiger charge is 2.19. The van der Waals surface area contributed by atoms with Gasteiger partial charge in [0.15, 0.2) is 6.10 Å². The largest absolute Gasteiger partial charge is 0.479 e. The Hall–Kier alpha value is -1.26. The molecule has 1 atom stereocenters. The topological polar surface area (TPSA) is 47.6 Å². The molecule has 0 aliphatic carbocycles. The Labute approximate surface area is 112 Å². The van der Waals surface area contributed by atoms with E-state index in [1.54, 1.807) is 31.2 Å². The number of hydrogen-bond acceptors (Lipinski definition) is 3. The SMILES string of the molecule is CC(Oc1ccccc1Cl)C(=O)NOC(C)(C)C. The molecule has 1 amide bonds. The number of benzene rings is 1. The predicted octanol–water partition coefficient (Wildman–Crippen LogP) is 2.95. The van der Waals surface area contributed by atoms with Crippen LogP contribution < -0.4 is 10.2 Å². The quantitative estimate of drug-likeness (QED) is 0.857. The number of para-hydroxylation sites is 1. The average molecular weight is 272 g/mol. The van der Waals surface area contributed by atoms with Crippen molar-refractivity contribution in [3.63, 3.8) is 0 Å². The molecule has 0 aromatic heterocycles. The fraction of sp³-hybridized carbons (Fsp3) is 0.462. The summed E-state index contributed by atoms with van der Waals surface area (Å²) in [7, 11) is 0. The van der Waals surface area contributed by atoms with Gasteiger partial charge in [0.25, 0.3) is 5.91 Å². The maximum atomic E-state index is 11.7. The molecule has 0 aliphatic heterocycles. The molecular weight excluding hydrogens is 254 g/mol. The van der Waals surface area contributed by atoms with E-state index in [4.69, 9.17) is 21.2 Å². The molecule has 0 saturated heterocycles. The number of halogens is 1. The van der Waals surface area contributed by atoms with Crippen LogP contribution in [-0.2, 0) is 9.63 Å². The molecule has 1 aromatic rings. The third kappa shape index (κ3) is 4.94. The molecule has 1 rings (SSSR count). The fourth-order valence-corrected chi connectivity index (χ4v) is 1.25. The van der Waals surface area contributed by atoms with Gasteiger partial charge in [-0.25, -0.2) is 5.48 Å². The van der Waals surface area contributed by atoms with Crippen LogP contribution in [0.15, 0.2) is 24.3 Å². The normalized spacial score (nSPS) is 12.9. The Balaban J connectivity index is 2.53. The highest BCUT2D eigenvalue weighted by atomic mass is 35.5. The van der Waals surface area contributed by atoms with Crippen molar-refractivity contribution in [3.05, 3.63) is 29.3 Å². The van der Waals surface area contributed by atoms with Crippen LogP contribution >= 0.6 is 11.6 Å². The number of nitrogens with one attached hydrogen (secondary N) is 1. The van der Waals surface area contributed by atoms with E-state index in [2.05, 4.69) is 5.48 Å². The first-order chi connectivity index (χ1) is 8.29. The number of hydrogen-bond donors (Lipinski definition) is 1. The summed E-state index contributed by atoms with van der Waals surface area (Å²) in [6, 6.07) is 6.99. The Morgan fingerprint density at radius 1 is 1.33 bits per heavy atom. The van der Waals surface area contributed by atoms with Crippen molar-refractivity contribution in [2.45, 2.75) is 39.4 Å². The van der Waals surface area contributed by atoms with Gasteiger partial charge in [0, 0.05) is 0 Å². The van der Waals surface area contributed by atoms with Crippen molar-refractivity contribution in [3.8, 4) is 5.75 Å². The minimum Gasteiger partial charge on any atom is -0.479 e. The zero-order valence-electron chi connectivity index (χ0n) is 11.0. The molecule has 18 heavy (non-hydrogen) atoms. The first kappa shape index (κ1) is 14.8. The molecule has 0 saturated carbocycles. The Bertz CT molecular complexity index is 415. The molecule has 100 valence electrons. The van der Waals surface area contributed by atoms with E-state index in [1.165, 1.54) is 0 Å². The van der Waals surface area contributed by atoms with Gasteiger partial charge in [0.05, 0.1) is 10.6 Å². The molecule has 0 spiro atoms. The van der Waals surface area contributed by atoms with Gasteiger partial charge in [0.1, 0.15) is 5.75 Å². The fourth-order valence-electron chi connectivity index (χ4n) is 1.07. The second kappa shape index (κ2) is 6.07. The van der Waals surface area contributed by atoms with Gasteiger partial charge >= 0.3 is 0 Å². The predicted molar refractivity (Wildman–Crippen MR) is 70.5 cm³/mol. The van der Waals surface area contributed by atoms with Crippen molar-refractivity contribution in [2.75, 3.05) is 0 Å². The molecule has 0 fully saturated rings. The van der Waals surface area contributed by atoms with E-state index >= 15 is 0 Å². The first-order valence-corrected chi connectivity index (χ1v) is 6.06. The molecule has 4 nitrogen and oxygen atoms in total. The molecule has 0 heterocycles. The average Bonchev–Trinajstić information content (AvgIpc) is 2.28. The van der Waals surface area contributed by atoms with Crippen molar-refractivity contribution < 1.29 is 14.4 Å². The Morgan fingerprint density at radius 2 is 1.94 bits per heavy atom. The van der Waals surface area contributed by atoms with Crippen LogP contribution in [0.5, 0.6) is 5.75 Å². The number of rotatable bonds is 4. The lowest BCUT2D eigenvalue weighted by atomic mass is 10.2. The smallest absolute Gasteiger partial charge is 0.284 e. The van der Waals surface area contributed by atoms with Crippen LogP contribution in [0.3, 0.4) is 0 Å².